The maximum atomic E-state index is 12.5. The second-order valence-corrected chi connectivity index (χ2v) is 6.13. The minimum atomic E-state index is -0.145. The molecule has 1 aliphatic heterocycles. The van der Waals surface area contributed by atoms with Gasteiger partial charge >= 0.3 is 0 Å². The van der Waals surface area contributed by atoms with Crippen molar-refractivity contribution >= 4 is 17.5 Å². The van der Waals surface area contributed by atoms with E-state index in [4.69, 9.17) is 4.74 Å². The fraction of sp³-hybridized carbons (Fsp3) is 0.300. The van der Waals surface area contributed by atoms with Gasteiger partial charge < -0.3 is 15.0 Å². The van der Waals surface area contributed by atoms with E-state index >= 15 is 0 Å². The summed E-state index contributed by atoms with van der Waals surface area (Å²) in [6.45, 7) is 4.53. The highest BCUT2D eigenvalue weighted by atomic mass is 16.5. The lowest BCUT2D eigenvalue weighted by molar-refractivity contribution is -0.117. The number of hydrogen-bond donors (Lipinski definition) is 1. The van der Waals surface area contributed by atoms with Crippen LogP contribution in [0.25, 0.3) is 0 Å². The second kappa shape index (κ2) is 6.97. The van der Waals surface area contributed by atoms with E-state index < -0.39 is 0 Å². The lowest BCUT2D eigenvalue weighted by Gasteiger charge is -2.16. The number of rotatable bonds is 5. The Morgan fingerprint density at radius 1 is 1.24 bits per heavy atom. The summed E-state index contributed by atoms with van der Waals surface area (Å²) in [7, 11) is 1.62. The number of fused-ring (bicyclic) bond motifs is 1. The first-order valence-corrected chi connectivity index (χ1v) is 8.41. The molecule has 2 aromatic rings. The Morgan fingerprint density at radius 2 is 1.96 bits per heavy atom. The summed E-state index contributed by atoms with van der Waals surface area (Å²) in [4.78, 5) is 26.3. The van der Waals surface area contributed by atoms with Gasteiger partial charge in [0.1, 0.15) is 5.75 Å². The molecule has 0 aromatic heterocycles. The van der Waals surface area contributed by atoms with Crippen molar-refractivity contribution in [2.24, 2.45) is 0 Å². The van der Waals surface area contributed by atoms with Gasteiger partial charge in [0.05, 0.1) is 19.6 Å². The van der Waals surface area contributed by atoms with Gasteiger partial charge in [-0.2, -0.15) is 0 Å². The van der Waals surface area contributed by atoms with Crippen molar-refractivity contribution in [1.82, 2.24) is 5.32 Å². The highest BCUT2D eigenvalue weighted by molar-refractivity contribution is 6.03. The Morgan fingerprint density at radius 3 is 2.60 bits per heavy atom. The smallest absolute Gasteiger partial charge is 0.251 e. The molecule has 1 unspecified atom stereocenters. The molecule has 0 fully saturated rings. The van der Waals surface area contributed by atoms with Crippen molar-refractivity contribution in [3.63, 3.8) is 0 Å². The summed E-state index contributed by atoms with van der Waals surface area (Å²) in [5.41, 5.74) is 3.40. The lowest BCUT2D eigenvalue weighted by Crippen LogP contribution is -2.27. The third-order valence-corrected chi connectivity index (χ3v) is 4.55. The summed E-state index contributed by atoms with van der Waals surface area (Å²) in [6.07, 6.45) is 0.359. The predicted octanol–water partition coefficient (Wildman–Crippen LogP) is 3.10. The highest BCUT2D eigenvalue weighted by Gasteiger charge is 2.26. The molecule has 25 heavy (non-hydrogen) atoms. The van der Waals surface area contributed by atoms with E-state index in [0.29, 0.717) is 18.5 Å². The van der Waals surface area contributed by atoms with Crippen LogP contribution in [0.5, 0.6) is 5.75 Å². The molecule has 130 valence electrons. The van der Waals surface area contributed by atoms with Gasteiger partial charge in [-0.25, -0.2) is 0 Å². The molecule has 2 amide bonds. The number of amides is 2. The Labute approximate surface area is 147 Å². The molecule has 0 saturated carbocycles. The quantitative estimate of drug-likeness (QED) is 0.911. The van der Waals surface area contributed by atoms with Gasteiger partial charge in [-0.3, -0.25) is 9.59 Å². The average Bonchev–Trinajstić information content (AvgIpc) is 2.95. The molecule has 0 bridgehead atoms. The number of carbonyl (C=O) groups is 2. The average molecular weight is 338 g/mol. The van der Waals surface area contributed by atoms with E-state index in [9.17, 15) is 9.59 Å². The number of nitrogens with one attached hydrogen (secondary N) is 1. The number of anilines is 1. The Hall–Kier alpha value is -2.82. The number of methoxy groups -OCH3 is 1. The van der Waals surface area contributed by atoms with Crippen LogP contribution in [0.4, 0.5) is 5.69 Å². The molecule has 0 saturated heterocycles. The van der Waals surface area contributed by atoms with E-state index in [1.807, 2.05) is 50.2 Å². The molecule has 1 atom stereocenters. The zero-order valence-electron chi connectivity index (χ0n) is 14.7. The molecule has 1 aliphatic rings. The maximum absolute atomic E-state index is 12.5. The molecule has 5 heteroatoms. The minimum Gasteiger partial charge on any atom is -0.497 e. The number of nitrogens with zero attached hydrogens (tertiary/aromatic N) is 1. The molecule has 1 heterocycles. The Bertz CT molecular complexity index is 799. The van der Waals surface area contributed by atoms with Crippen molar-refractivity contribution in [3.05, 3.63) is 59.2 Å². The van der Waals surface area contributed by atoms with Crippen LogP contribution in [-0.4, -0.2) is 25.5 Å². The zero-order valence-corrected chi connectivity index (χ0v) is 14.7. The molecule has 0 radical (unpaired) electrons. The third kappa shape index (κ3) is 3.36. The molecule has 3 rings (SSSR count). The molecule has 1 N–H and O–H groups in total. The van der Waals surface area contributed by atoms with Crippen molar-refractivity contribution < 1.29 is 14.3 Å². The van der Waals surface area contributed by atoms with E-state index in [0.717, 1.165) is 22.6 Å². The van der Waals surface area contributed by atoms with Crippen molar-refractivity contribution in [1.29, 1.82) is 0 Å². The number of likely N-dealkylation sites (N-methyl/N-ethyl adjacent to an activating group) is 1. The Balaban J connectivity index is 1.73. The van der Waals surface area contributed by atoms with Crippen LogP contribution in [-0.2, 0) is 11.2 Å². The normalized spacial score (nSPS) is 14.2. The predicted molar refractivity (Wildman–Crippen MR) is 97.0 cm³/mol. The molecule has 2 aromatic carbocycles. The van der Waals surface area contributed by atoms with Crippen molar-refractivity contribution in [2.75, 3.05) is 18.6 Å². The zero-order chi connectivity index (χ0) is 18.0. The van der Waals surface area contributed by atoms with Crippen LogP contribution in [0.3, 0.4) is 0 Å². The summed E-state index contributed by atoms with van der Waals surface area (Å²) in [5, 5.41) is 3.00. The summed E-state index contributed by atoms with van der Waals surface area (Å²) in [5.74, 6) is 0.723. The van der Waals surface area contributed by atoms with Crippen LogP contribution < -0.4 is 15.0 Å². The Kier molecular flexibility index (Phi) is 4.74. The first-order chi connectivity index (χ1) is 12.0. The van der Waals surface area contributed by atoms with Gasteiger partial charge in [0.2, 0.25) is 5.91 Å². The first kappa shape index (κ1) is 17.0. The second-order valence-electron chi connectivity index (χ2n) is 6.13. The van der Waals surface area contributed by atoms with Gasteiger partial charge in [-0.05, 0) is 55.3 Å². The lowest BCUT2D eigenvalue weighted by atomic mass is 10.1. The van der Waals surface area contributed by atoms with Gasteiger partial charge in [0.25, 0.3) is 5.91 Å². The number of ether oxygens (including phenoxy) is 1. The van der Waals surface area contributed by atoms with Gasteiger partial charge in [-0.1, -0.05) is 12.1 Å². The summed E-state index contributed by atoms with van der Waals surface area (Å²) in [6, 6.07) is 12.9. The van der Waals surface area contributed by atoms with Crippen molar-refractivity contribution in [2.45, 2.75) is 26.3 Å². The van der Waals surface area contributed by atoms with Crippen LogP contribution in [0, 0.1) is 0 Å². The van der Waals surface area contributed by atoms with Crippen LogP contribution in [0.1, 0.15) is 41.4 Å². The molecule has 0 aliphatic carbocycles. The topological polar surface area (TPSA) is 58.6 Å². The number of benzene rings is 2. The van der Waals surface area contributed by atoms with E-state index in [-0.39, 0.29) is 17.9 Å². The standard InChI is InChI=1S/C20H22N2O3/c1-4-22-18-10-7-15(11-16(18)12-19(22)23)20(24)21-13(2)14-5-8-17(25-3)9-6-14/h5-11,13H,4,12H2,1-3H3,(H,21,24). The monoisotopic (exact) mass is 338 g/mol. The van der Waals surface area contributed by atoms with Gasteiger partial charge in [-0.15, -0.1) is 0 Å². The number of carbonyl (C=O) groups excluding carboxylic acids is 2. The van der Waals surface area contributed by atoms with Crippen LogP contribution in [0.15, 0.2) is 42.5 Å². The summed E-state index contributed by atoms with van der Waals surface area (Å²) >= 11 is 0. The molecular weight excluding hydrogens is 316 g/mol. The largest absolute Gasteiger partial charge is 0.497 e. The summed E-state index contributed by atoms with van der Waals surface area (Å²) < 4.78 is 5.15. The maximum Gasteiger partial charge on any atom is 0.251 e. The van der Waals surface area contributed by atoms with Gasteiger partial charge in [0.15, 0.2) is 0 Å². The van der Waals surface area contributed by atoms with E-state index in [1.165, 1.54) is 0 Å². The van der Waals surface area contributed by atoms with Crippen molar-refractivity contribution in [3.8, 4) is 5.75 Å². The van der Waals surface area contributed by atoms with E-state index in [2.05, 4.69) is 5.32 Å². The van der Waals surface area contributed by atoms with Crippen LogP contribution in [0.2, 0.25) is 0 Å². The SMILES string of the molecule is CCN1C(=O)Cc2cc(C(=O)NC(C)c3ccc(OC)cc3)ccc21. The first-order valence-electron chi connectivity index (χ1n) is 8.41. The highest BCUT2D eigenvalue weighted by Crippen LogP contribution is 2.29. The molecule has 5 nitrogen and oxygen atoms in total. The van der Waals surface area contributed by atoms with E-state index in [1.54, 1.807) is 18.1 Å². The fourth-order valence-electron chi connectivity index (χ4n) is 3.13. The number of hydrogen-bond acceptors (Lipinski definition) is 3. The fourth-order valence-corrected chi connectivity index (χ4v) is 3.13. The van der Waals surface area contributed by atoms with Crippen LogP contribution >= 0.6 is 0 Å². The third-order valence-electron chi connectivity index (χ3n) is 4.55. The molecule has 0 spiro atoms. The minimum absolute atomic E-state index is 0.0849. The van der Waals surface area contributed by atoms with Gasteiger partial charge in [0, 0.05) is 17.8 Å². The molecular formula is C20H22N2O3.